The van der Waals surface area contributed by atoms with Crippen molar-refractivity contribution in [3.8, 4) is 5.75 Å². The number of phenols is 1. The molecule has 0 aliphatic heterocycles. The molecule has 180 valence electrons. The molecule has 0 radical (unpaired) electrons. The quantitative estimate of drug-likeness (QED) is 0.282. The van der Waals surface area contributed by atoms with Crippen molar-refractivity contribution < 1.29 is 9.53 Å². The van der Waals surface area contributed by atoms with Gasteiger partial charge in [-0.1, -0.05) is 118 Å². The maximum atomic E-state index is 10.6. The molecule has 0 fully saturated rings. The first-order chi connectivity index (χ1) is 16.8. The van der Waals surface area contributed by atoms with Gasteiger partial charge in [-0.3, -0.25) is 0 Å². The molecule has 4 aromatic rings. The molecule has 4 rings (SSSR count). The van der Waals surface area contributed by atoms with E-state index in [0.29, 0.717) is 5.75 Å². The minimum atomic E-state index is -2.53. The zero-order valence-corrected chi connectivity index (χ0v) is 22.2. The highest BCUT2D eigenvalue weighted by atomic mass is 28.4. The van der Waals surface area contributed by atoms with Gasteiger partial charge in [-0.2, -0.15) is 0 Å². The van der Waals surface area contributed by atoms with Gasteiger partial charge < -0.3 is 9.53 Å². The van der Waals surface area contributed by atoms with Gasteiger partial charge >= 0.3 is 0 Å². The molecule has 0 amide bonds. The number of hydrogen-bond donors (Lipinski definition) is 1. The molecule has 0 aromatic heterocycles. The Morgan fingerprint density at radius 3 is 1.77 bits per heavy atom. The lowest BCUT2D eigenvalue weighted by molar-refractivity contribution is 0.193. The normalized spacial score (nSPS) is 12.9. The molecule has 1 N–H and O–H groups in total. The van der Waals surface area contributed by atoms with Gasteiger partial charge in [0.25, 0.3) is 8.32 Å². The van der Waals surface area contributed by atoms with Crippen molar-refractivity contribution in [1.29, 1.82) is 0 Å². The molecule has 4 aromatic carbocycles. The van der Waals surface area contributed by atoms with Gasteiger partial charge in [0.05, 0.1) is 6.10 Å². The standard InChI is InChI=1S/C32H36O2Si/c1-32(2,3)29-24-26(21-22-30(29)33)31(23-20-25-14-8-5-9-15-25)34-35(4,27-16-10-6-11-17-27)28-18-12-7-13-19-28/h5-19,21-22,24,31,33H,20,23H2,1-4H3. The lowest BCUT2D eigenvalue weighted by Crippen LogP contribution is -2.58. The number of benzene rings is 4. The van der Waals surface area contributed by atoms with E-state index in [0.717, 1.165) is 24.0 Å². The van der Waals surface area contributed by atoms with Gasteiger partial charge in [-0.25, -0.2) is 0 Å². The molecule has 1 atom stereocenters. The van der Waals surface area contributed by atoms with Crippen LogP contribution in [0, 0.1) is 0 Å². The third-order valence-corrected chi connectivity index (χ3v) is 10.4. The highest BCUT2D eigenvalue weighted by molar-refractivity contribution is 6.96. The number of hydrogen-bond acceptors (Lipinski definition) is 2. The molecule has 0 bridgehead atoms. The summed E-state index contributed by atoms with van der Waals surface area (Å²) < 4.78 is 7.28. The maximum absolute atomic E-state index is 10.6. The van der Waals surface area contributed by atoms with Gasteiger partial charge in [-0.15, -0.1) is 0 Å². The molecule has 0 saturated heterocycles. The first kappa shape index (κ1) is 25.0. The minimum Gasteiger partial charge on any atom is -0.508 e. The lowest BCUT2D eigenvalue weighted by atomic mass is 9.84. The SMILES string of the molecule is CC(C)(C)c1cc(C(CCc2ccccc2)O[Si](C)(c2ccccc2)c2ccccc2)ccc1O. The molecule has 35 heavy (non-hydrogen) atoms. The van der Waals surface area contributed by atoms with E-state index >= 15 is 0 Å². The molecule has 0 heterocycles. The Labute approximate surface area is 211 Å². The summed E-state index contributed by atoms with van der Waals surface area (Å²) in [5.41, 5.74) is 3.21. The molecule has 1 unspecified atom stereocenters. The molecule has 0 saturated carbocycles. The van der Waals surface area contributed by atoms with Gasteiger partial charge in [0.1, 0.15) is 5.75 Å². The summed E-state index contributed by atoms with van der Waals surface area (Å²) in [6.07, 6.45) is 1.68. The van der Waals surface area contributed by atoms with Crippen LogP contribution in [-0.2, 0) is 16.3 Å². The molecular weight excluding hydrogens is 444 g/mol. The van der Waals surface area contributed by atoms with Crippen LogP contribution in [0.1, 0.15) is 50.0 Å². The van der Waals surface area contributed by atoms with Gasteiger partial charge in [0.2, 0.25) is 0 Å². The molecule has 3 heteroatoms. The summed E-state index contributed by atoms with van der Waals surface area (Å²) in [7, 11) is -2.53. The van der Waals surface area contributed by atoms with Crippen LogP contribution >= 0.6 is 0 Å². The van der Waals surface area contributed by atoms with Crippen LogP contribution in [0.3, 0.4) is 0 Å². The Morgan fingerprint density at radius 2 is 1.26 bits per heavy atom. The van der Waals surface area contributed by atoms with Crippen LogP contribution in [0.2, 0.25) is 6.55 Å². The van der Waals surface area contributed by atoms with Gasteiger partial charge in [0, 0.05) is 0 Å². The zero-order chi connectivity index (χ0) is 24.9. The first-order valence-corrected chi connectivity index (χ1v) is 14.8. The maximum Gasteiger partial charge on any atom is 0.253 e. The minimum absolute atomic E-state index is 0.103. The molecular formula is C32H36O2Si. The topological polar surface area (TPSA) is 29.5 Å². The molecule has 0 aliphatic carbocycles. The van der Waals surface area contributed by atoms with Crippen molar-refractivity contribution in [3.63, 3.8) is 0 Å². The molecule has 0 spiro atoms. The van der Waals surface area contributed by atoms with Crippen LogP contribution < -0.4 is 10.4 Å². The van der Waals surface area contributed by atoms with Gasteiger partial charge in [-0.05, 0) is 64.0 Å². The van der Waals surface area contributed by atoms with E-state index in [2.05, 4.69) is 124 Å². The molecule has 2 nitrogen and oxygen atoms in total. The van der Waals surface area contributed by atoms with E-state index in [4.69, 9.17) is 4.43 Å². The Bertz CT molecular complexity index is 1180. The van der Waals surface area contributed by atoms with Crippen molar-refractivity contribution in [3.05, 3.63) is 126 Å². The monoisotopic (exact) mass is 480 g/mol. The summed E-state index contributed by atoms with van der Waals surface area (Å²) in [5.74, 6) is 0.342. The Hall–Kier alpha value is -3.14. The average Bonchev–Trinajstić information content (AvgIpc) is 2.88. The van der Waals surface area contributed by atoms with Crippen LogP contribution in [-0.4, -0.2) is 13.4 Å². The predicted octanol–water partition coefficient (Wildman–Crippen LogP) is 6.77. The second-order valence-corrected chi connectivity index (χ2v) is 13.9. The molecule has 0 aliphatic rings. The number of aryl methyl sites for hydroxylation is 1. The fraction of sp³-hybridized carbons (Fsp3) is 0.250. The third-order valence-electron chi connectivity index (χ3n) is 6.77. The van der Waals surface area contributed by atoms with E-state index < -0.39 is 8.32 Å². The number of aromatic hydroxyl groups is 1. The zero-order valence-electron chi connectivity index (χ0n) is 21.2. The average molecular weight is 481 g/mol. The van der Waals surface area contributed by atoms with Crippen LogP contribution in [0.15, 0.2) is 109 Å². The van der Waals surface area contributed by atoms with E-state index in [1.165, 1.54) is 15.9 Å². The Morgan fingerprint density at radius 1 is 0.743 bits per heavy atom. The van der Waals surface area contributed by atoms with E-state index in [1.54, 1.807) is 0 Å². The fourth-order valence-electron chi connectivity index (χ4n) is 4.69. The van der Waals surface area contributed by atoms with Crippen molar-refractivity contribution in [2.45, 2.75) is 51.7 Å². The second-order valence-electron chi connectivity index (χ2n) is 10.4. The van der Waals surface area contributed by atoms with Crippen LogP contribution in [0.4, 0.5) is 0 Å². The van der Waals surface area contributed by atoms with Crippen molar-refractivity contribution in [2.75, 3.05) is 0 Å². The summed E-state index contributed by atoms with van der Waals surface area (Å²) in [6, 6.07) is 37.9. The highest BCUT2D eigenvalue weighted by Crippen LogP contribution is 2.35. The lowest BCUT2D eigenvalue weighted by Gasteiger charge is -2.34. The summed E-state index contributed by atoms with van der Waals surface area (Å²) in [6.45, 7) is 8.72. The van der Waals surface area contributed by atoms with Crippen molar-refractivity contribution in [2.24, 2.45) is 0 Å². The summed E-state index contributed by atoms with van der Waals surface area (Å²) in [4.78, 5) is 0. The number of phenolic OH excluding ortho intramolecular Hbond substituents is 1. The smallest absolute Gasteiger partial charge is 0.253 e. The fourth-order valence-corrected chi connectivity index (χ4v) is 7.78. The van der Waals surface area contributed by atoms with E-state index in [9.17, 15) is 5.11 Å². The summed E-state index contributed by atoms with van der Waals surface area (Å²) in [5, 5.41) is 13.1. The van der Waals surface area contributed by atoms with Crippen LogP contribution in [0.5, 0.6) is 5.75 Å². The second kappa shape index (κ2) is 10.6. The first-order valence-electron chi connectivity index (χ1n) is 12.4. The Kier molecular flexibility index (Phi) is 7.59. The largest absolute Gasteiger partial charge is 0.508 e. The van der Waals surface area contributed by atoms with Crippen molar-refractivity contribution in [1.82, 2.24) is 0 Å². The third kappa shape index (κ3) is 5.92. The van der Waals surface area contributed by atoms with E-state index in [-0.39, 0.29) is 11.5 Å². The predicted molar refractivity (Wildman–Crippen MR) is 149 cm³/mol. The summed E-state index contributed by atoms with van der Waals surface area (Å²) >= 11 is 0. The number of rotatable bonds is 8. The highest BCUT2D eigenvalue weighted by Gasteiger charge is 2.37. The van der Waals surface area contributed by atoms with Crippen LogP contribution in [0.25, 0.3) is 0 Å². The van der Waals surface area contributed by atoms with E-state index in [1.807, 2.05) is 12.1 Å². The Balaban J connectivity index is 1.78. The van der Waals surface area contributed by atoms with Crippen molar-refractivity contribution >= 4 is 18.7 Å². The van der Waals surface area contributed by atoms with Gasteiger partial charge in [0.15, 0.2) is 0 Å².